The molecule has 1 aliphatic carbocycles. The van der Waals surface area contributed by atoms with E-state index in [0.717, 1.165) is 24.3 Å². The number of nitrogens with one attached hydrogen (secondary N) is 2. The molecule has 0 saturated heterocycles. The molecule has 0 radical (unpaired) electrons. The lowest BCUT2D eigenvalue weighted by Crippen LogP contribution is -2.19. The second kappa shape index (κ2) is 4.85. The molecule has 1 fully saturated rings. The van der Waals surface area contributed by atoms with Crippen LogP contribution in [-0.4, -0.2) is 28.2 Å². The highest BCUT2D eigenvalue weighted by Crippen LogP contribution is 2.48. The highest BCUT2D eigenvalue weighted by Gasteiger charge is 2.41. The number of nitrogens with zero attached hydrogens (tertiary/aromatic N) is 2. The van der Waals surface area contributed by atoms with Gasteiger partial charge in [-0.2, -0.15) is 0 Å². The van der Waals surface area contributed by atoms with Gasteiger partial charge in [-0.05, 0) is 31.6 Å². The van der Waals surface area contributed by atoms with E-state index < -0.39 is 0 Å². The van der Waals surface area contributed by atoms with Gasteiger partial charge in [0.25, 0.3) is 0 Å². The second-order valence-corrected chi connectivity index (χ2v) is 4.67. The zero-order valence-electron chi connectivity index (χ0n) is 10.0. The Morgan fingerprint density at radius 2 is 2.12 bits per heavy atom. The number of rotatable bonds is 6. The van der Waals surface area contributed by atoms with E-state index in [2.05, 4.69) is 20.7 Å². The predicted octanol–water partition coefficient (Wildman–Crippen LogP) is 0.645. The topological polar surface area (TPSA) is 96.1 Å². The van der Waals surface area contributed by atoms with E-state index >= 15 is 0 Å². The van der Waals surface area contributed by atoms with Crippen LogP contribution in [0.2, 0.25) is 0 Å². The average molecular weight is 237 g/mol. The Morgan fingerprint density at radius 1 is 1.41 bits per heavy atom. The molecule has 0 aliphatic heterocycles. The third-order valence-corrected chi connectivity index (χ3v) is 3.45. The molecule has 0 amide bonds. The van der Waals surface area contributed by atoms with Crippen LogP contribution in [0.5, 0.6) is 0 Å². The molecular weight excluding hydrogens is 218 g/mol. The van der Waals surface area contributed by atoms with Gasteiger partial charge in [-0.1, -0.05) is 0 Å². The monoisotopic (exact) mass is 237 g/mol. The van der Waals surface area contributed by atoms with Crippen LogP contribution in [-0.2, 0) is 0 Å². The van der Waals surface area contributed by atoms with Crippen molar-refractivity contribution in [2.75, 3.05) is 23.9 Å². The van der Waals surface area contributed by atoms with E-state index in [1.54, 1.807) is 0 Å². The van der Waals surface area contributed by atoms with Crippen LogP contribution in [0.3, 0.4) is 0 Å². The van der Waals surface area contributed by atoms with E-state index in [4.69, 9.17) is 10.9 Å². The minimum atomic E-state index is 0.250. The molecule has 1 aromatic heterocycles. The van der Waals surface area contributed by atoms with Gasteiger partial charge in [-0.3, -0.25) is 0 Å². The molecule has 94 valence electrons. The SMILES string of the molecule is Cc1c(NN)ncnc1NCC1(CCO)CC1. The number of hydrazine groups is 1. The van der Waals surface area contributed by atoms with Crippen LogP contribution in [0.25, 0.3) is 0 Å². The number of nitrogen functional groups attached to an aromatic ring is 1. The summed E-state index contributed by atoms with van der Waals surface area (Å²) in [6, 6.07) is 0. The Morgan fingerprint density at radius 3 is 2.71 bits per heavy atom. The molecule has 17 heavy (non-hydrogen) atoms. The highest BCUT2D eigenvalue weighted by molar-refractivity contribution is 5.55. The normalized spacial score (nSPS) is 16.6. The van der Waals surface area contributed by atoms with Crippen molar-refractivity contribution in [2.24, 2.45) is 11.3 Å². The fourth-order valence-corrected chi connectivity index (χ4v) is 1.97. The first kappa shape index (κ1) is 12.1. The Labute approximate surface area is 101 Å². The third kappa shape index (κ3) is 2.65. The molecule has 1 heterocycles. The number of aliphatic hydroxyl groups is 1. The first-order valence-electron chi connectivity index (χ1n) is 5.84. The summed E-state index contributed by atoms with van der Waals surface area (Å²) < 4.78 is 0. The Kier molecular flexibility index (Phi) is 3.44. The van der Waals surface area contributed by atoms with Crippen molar-refractivity contribution >= 4 is 11.6 Å². The number of hydrogen-bond donors (Lipinski definition) is 4. The summed E-state index contributed by atoms with van der Waals surface area (Å²) in [6.07, 6.45) is 4.68. The van der Waals surface area contributed by atoms with Crippen LogP contribution in [0.4, 0.5) is 11.6 Å². The van der Waals surface area contributed by atoms with Crippen LogP contribution in [0.1, 0.15) is 24.8 Å². The van der Waals surface area contributed by atoms with Crippen molar-refractivity contribution in [3.8, 4) is 0 Å². The van der Waals surface area contributed by atoms with Gasteiger partial charge < -0.3 is 15.8 Å². The lowest BCUT2D eigenvalue weighted by atomic mass is 10.0. The van der Waals surface area contributed by atoms with Gasteiger partial charge in [0.2, 0.25) is 0 Å². The second-order valence-electron chi connectivity index (χ2n) is 4.67. The molecule has 2 rings (SSSR count). The minimum Gasteiger partial charge on any atom is -0.396 e. The lowest BCUT2D eigenvalue weighted by Gasteiger charge is -2.16. The molecule has 0 atom stereocenters. The molecule has 5 N–H and O–H groups in total. The molecule has 0 bridgehead atoms. The van der Waals surface area contributed by atoms with Crippen molar-refractivity contribution in [3.05, 3.63) is 11.9 Å². The van der Waals surface area contributed by atoms with Crippen molar-refractivity contribution in [1.82, 2.24) is 9.97 Å². The lowest BCUT2D eigenvalue weighted by molar-refractivity contribution is 0.253. The van der Waals surface area contributed by atoms with Gasteiger partial charge in [0, 0.05) is 18.7 Å². The first-order chi connectivity index (χ1) is 8.21. The summed E-state index contributed by atoms with van der Waals surface area (Å²) in [5, 5.41) is 12.3. The number of aliphatic hydroxyl groups excluding tert-OH is 1. The maximum atomic E-state index is 9.00. The molecule has 6 heteroatoms. The van der Waals surface area contributed by atoms with Gasteiger partial charge in [-0.15, -0.1) is 0 Å². The van der Waals surface area contributed by atoms with Gasteiger partial charge in [-0.25, -0.2) is 15.8 Å². The van der Waals surface area contributed by atoms with Gasteiger partial charge in [0.05, 0.1) is 0 Å². The predicted molar refractivity (Wildman–Crippen MR) is 66.4 cm³/mol. The minimum absolute atomic E-state index is 0.250. The van der Waals surface area contributed by atoms with Crippen LogP contribution >= 0.6 is 0 Å². The maximum absolute atomic E-state index is 9.00. The smallest absolute Gasteiger partial charge is 0.148 e. The fourth-order valence-electron chi connectivity index (χ4n) is 1.97. The van der Waals surface area contributed by atoms with Gasteiger partial charge in [0.1, 0.15) is 18.0 Å². The number of aromatic nitrogens is 2. The summed E-state index contributed by atoms with van der Waals surface area (Å²) in [4.78, 5) is 8.22. The highest BCUT2D eigenvalue weighted by atomic mass is 16.3. The molecule has 1 aromatic rings. The first-order valence-corrected chi connectivity index (χ1v) is 5.84. The van der Waals surface area contributed by atoms with Crippen molar-refractivity contribution < 1.29 is 5.11 Å². The van der Waals surface area contributed by atoms with E-state index in [-0.39, 0.29) is 12.0 Å². The summed E-state index contributed by atoms with van der Waals surface area (Å²) in [5.74, 6) is 6.80. The standard InChI is InChI=1S/C11H19N5O/c1-8-9(14-7-15-10(8)16-12)13-6-11(2-3-11)4-5-17/h7,17H,2-6,12H2,1H3,(H2,13,14,15,16). The number of nitrogens with two attached hydrogens (primary N) is 1. The quantitative estimate of drug-likeness (QED) is 0.428. The molecule has 0 unspecified atom stereocenters. The Bertz CT molecular complexity index is 391. The van der Waals surface area contributed by atoms with E-state index in [0.29, 0.717) is 5.82 Å². The molecule has 0 aromatic carbocycles. The zero-order chi connectivity index (χ0) is 12.3. The molecule has 1 aliphatic rings. The fraction of sp³-hybridized carbons (Fsp3) is 0.636. The summed E-state index contributed by atoms with van der Waals surface area (Å²) >= 11 is 0. The molecular formula is C11H19N5O. The van der Waals surface area contributed by atoms with Crippen LogP contribution in [0.15, 0.2) is 6.33 Å². The average Bonchev–Trinajstić information content (AvgIpc) is 3.09. The van der Waals surface area contributed by atoms with Crippen molar-refractivity contribution in [2.45, 2.75) is 26.2 Å². The summed E-state index contributed by atoms with van der Waals surface area (Å²) in [6.45, 7) is 3.01. The van der Waals surface area contributed by atoms with E-state index in [9.17, 15) is 0 Å². The van der Waals surface area contributed by atoms with Crippen molar-refractivity contribution in [1.29, 1.82) is 0 Å². The summed E-state index contributed by atoms with van der Waals surface area (Å²) in [5.41, 5.74) is 3.72. The zero-order valence-corrected chi connectivity index (χ0v) is 10.0. The van der Waals surface area contributed by atoms with Crippen LogP contribution in [0, 0.1) is 12.3 Å². The Balaban J connectivity index is 1.99. The van der Waals surface area contributed by atoms with Gasteiger partial charge >= 0.3 is 0 Å². The van der Waals surface area contributed by atoms with E-state index in [1.165, 1.54) is 19.2 Å². The maximum Gasteiger partial charge on any atom is 0.148 e. The molecule has 1 saturated carbocycles. The summed E-state index contributed by atoms with van der Waals surface area (Å²) in [7, 11) is 0. The third-order valence-electron chi connectivity index (χ3n) is 3.45. The largest absolute Gasteiger partial charge is 0.396 e. The van der Waals surface area contributed by atoms with Crippen LogP contribution < -0.4 is 16.6 Å². The Hall–Kier alpha value is -1.40. The number of anilines is 2. The van der Waals surface area contributed by atoms with Gasteiger partial charge in [0.15, 0.2) is 0 Å². The van der Waals surface area contributed by atoms with Crippen molar-refractivity contribution in [3.63, 3.8) is 0 Å². The molecule has 0 spiro atoms. The van der Waals surface area contributed by atoms with E-state index in [1.807, 2.05) is 6.92 Å². The number of hydrogen-bond acceptors (Lipinski definition) is 6. The molecule has 6 nitrogen and oxygen atoms in total.